The van der Waals surface area contributed by atoms with Crippen molar-refractivity contribution >= 4 is 38.9 Å². The fraction of sp³-hybridized carbons (Fsp3) is 0.316. The van der Waals surface area contributed by atoms with Gasteiger partial charge in [-0.2, -0.15) is 0 Å². The molecule has 1 atom stereocenters. The van der Waals surface area contributed by atoms with E-state index in [2.05, 4.69) is 5.32 Å². The topological polar surface area (TPSA) is 75.7 Å². The molecule has 152 valence electrons. The van der Waals surface area contributed by atoms with E-state index in [-0.39, 0.29) is 17.1 Å². The number of aryl methyl sites for hydroxylation is 1. The van der Waals surface area contributed by atoms with Gasteiger partial charge < -0.3 is 10.1 Å². The second kappa shape index (κ2) is 8.79. The van der Waals surface area contributed by atoms with Gasteiger partial charge in [-0.15, -0.1) is 0 Å². The molecule has 1 N–H and O–H groups in total. The summed E-state index contributed by atoms with van der Waals surface area (Å²) in [5, 5.41) is 2.49. The maximum atomic E-state index is 13.5. The molecular weight excluding hydrogens is 407 g/mol. The molecule has 0 aliphatic heterocycles. The summed E-state index contributed by atoms with van der Waals surface area (Å²) in [5.41, 5.74) is 1.43. The molecule has 1 amide bonds. The Morgan fingerprint density at radius 1 is 1.29 bits per heavy atom. The van der Waals surface area contributed by atoms with Gasteiger partial charge in [-0.25, -0.2) is 12.8 Å². The zero-order chi connectivity index (χ0) is 21.1. The Bertz CT molecular complexity index is 982. The van der Waals surface area contributed by atoms with E-state index in [1.807, 2.05) is 13.0 Å². The average Bonchev–Trinajstić information content (AvgIpc) is 2.61. The Morgan fingerprint density at radius 2 is 1.96 bits per heavy atom. The highest BCUT2D eigenvalue weighted by atomic mass is 35.5. The lowest BCUT2D eigenvalue weighted by molar-refractivity contribution is -0.117. The summed E-state index contributed by atoms with van der Waals surface area (Å²) in [6, 6.07) is 7.70. The first-order chi connectivity index (χ1) is 13.1. The molecule has 9 heteroatoms. The predicted octanol–water partition coefficient (Wildman–Crippen LogP) is 3.98. The van der Waals surface area contributed by atoms with Crippen molar-refractivity contribution in [2.45, 2.75) is 26.3 Å². The molecule has 0 saturated carbocycles. The molecule has 0 bridgehead atoms. The second-order valence-electron chi connectivity index (χ2n) is 6.27. The van der Waals surface area contributed by atoms with E-state index in [0.717, 1.165) is 22.2 Å². The van der Waals surface area contributed by atoms with Gasteiger partial charge in [0.15, 0.2) is 0 Å². The summed E-state index contributed by atoms with van der Waals surface area (Å²) >= 11 is 5.81. The summed E-state index contributed by atoms with van der Waals surface area (Å²) in [6.45, 7) is 3.54. The van der Waals surface area contributed by atoms with Crippen LogP contribution >= 0.6 is 11.6 Å². The molecule has 0 spiro atoms. The zero-order valence-electron chi connectivity index (χ0n) is 16.0. The Hall–Kier alpha value is -2.32. The fourth-order valence-corrected chi connectivity index (χ4v) is 4.20. The highest BCUT2D eigenvalue weighted by Gasteiger charge is 2.32. The van der Waals surface area contributed by atoms with Crippen molar-refractivity contribution in [2.24, 2.45) is 0 Å². The summed E-state index contributed by atoms with van der Waals surface area (Å²) < 4.78 is 44.6. The highest BCUT2D eigenvalue weighted by molar-refractivity contribution is 7.92. The van der Waals surface area contributed by atoms with Crippen molar-refractivity contribution in [3.8, 4) is 5.75 Å². The Labute approximate surface area is 169 Å². The van der Waals surface area contributed by atoms with Crippen molar-refractivity contribution in [1.82, 2.24) is 0 Å². The minimum absolute atomic E-state index is 0.104. The van der Waals surface area contributed by atoms with Gasteiger partial charge in [-0.1, -0.05) is 24.6 Å². The number of amides is 1. The van der Waals surface area contributed by atoms with Crippen LogP contribution in [0.4, 0.5) is 15.8 Å². The summed E-state index contributed by atoms with van der Waals surface area (Å²) in [4.78, 5) is 13.0. The third-order valence-corrected chi connectivity index (χ3v) is 5.57. The molecule has 0 fully saturated rings. The van der Waals surface area contributed by atoms with Crippen LogP contribution in [0.25, 0.3) is 0 Å². The second-order valence-corrected chi connectivity index (χ2v) is 8.54. The number of ether oxygens (including phenoxy) is 1. The highest BCUT2D eigenvalue weighted by Crippen LogP contribution is 2.29. The number of methoxy groups -OCH3 is 1. The van der Waals surface area contributed by atoms with Crippen molar-refractivity contribution in [3.05, 3.63) is 52.8 Å². The quantitative estimate of drug-likeness (QED) is 0.723. The number of halogens is 2. The number of nitrogens with zero attached hydrogens (tertiary/aromatic N) is 1. The molecule has 0 aromatic heterocycles. The van der Waals surface area contributed by atoms with Gasteiger partial charge in [0.25, 0.3) is 0 Å². The number of carbonyl (C=O) groups is 1. The molecule has 2 aromatic carbocycles. The molecule has 0 saturated heterocycles. The van der Waals surface area contributed by atoms with Gasteiger partial charge in [-0.3, -0.25) is 9.10 Å². The summed E-state index contributed by atoms with van der Waals surface area (Å²) in [5.74, 6) is -0.775. The molecule has 2 aromatic rings. The van der Waals surface area contributed by atoms with Crippen LogP contribution < -0.4 is 14.4 Å². The van der Waals surface area contributed by atoms with Crippen LogP contribution in [0.2, 0.25) is 5.02 Å². The van der Waals surface area contributed by atoms with Crippen LogP contribution in [-0.4, -0.2) is 33.7 Å². The predicted molar refractivity (Wildman–Crippen MR) is 109 cm³/mol. The van der Waals surface area contributed by atoms with Gasteiger partial charge in [0.2, 0.25) is 15.9 Å². The average molecular weight is 429 g/mol. The largest absolute Gasteiger partial charge is 0.495 e. The van der Waals surface area contributed by atoms with E-state index in [4.69, 9.17) is 16.3 Å². The molecule has 1 unspecified atom stereocenters. The van der Waals surface area contributed by atoms with Crippen LogP contribution in [0.15, 0.2) is 36.4 Å². The first-order valence-electron chi connectivity index (χ1n) is 8.48. The lowest BCUT2D eigenvalue weighted by Crippen LogP contribution is -2.47. The number of benzene rings is 2. The van der Waals surface area contributed by atoms with Gasteiger partial charge in [0, 0.05) is 0 Å². The van der Waals surface area contributed by atoms with Crippen molar-refractivity contribution < 1.29 is 22.3 Å². The van der Waals surface area contributed by atoms with Crippen LogP contribution in [-0.2, 0) is 14.8 Å². The molecule has 28 heavy (non-hydrogen) atoms. The van der Waals surface area contributed by atoms with E-state index in [9.17, 15) is 17.6 Å². The lowest BCUT2D eigenvalue weighted by atomic mass is 10.1. The number of anilines is 2. The maximum absolute atomic E-state index is 13.5. The Morgan fingerprint density at radius 3 is 2.50 bits per heavy atom. The van der Waals surface area contributed by atoms with Gasteiger partial charge >= 0.3 is 0 Å². The van der Waals surface area contributed by atoms with Crippen LogP contribution in [0.5, 0.6) is 5.75 Å². The molecule has 0 heterocycles. The number of hydrogen-bond donors (Lipinski definition) is 1. The van der Waals surface area contributed by atoms with Gasteiger partial charge in [-0.05, 0) is 49.2 Å². The van der Waals surface area contributed by atoms with E-state index >= 15 is 0 Å². The van der Waals surface area contributed by atoms with Crippen LogP contribution in [0.3, 0.4) is 0 Å². The third kappa shape index (κ3) is 4.94. The SMILES string of the molecule is CCC(C(=O)Nc1cc(C)ccc1OC)N(c1ccc(F)c(Cl)c1)S(C)(=O)=O. The summed E-state index contributed by atoms with van der Waals surface area (Å²) in [6.07, 6.45) is 1.16. The van der Waals surface area contributed by atoms with Crippen molar-refractivity contribution in [3.63, 3.8) is 0 Å². The van der Waals surface area contributed by atoms with Gasteiger partial charge in [0.1, 0.15) is 17.6 Å². The van der Waals surface area contributed by atoms with E-state index in [1.165, 1.54) is 19.2 Å². The fourth-order valence-electron chi connectivity index (χ4n) is 2.82. The van der Waals surface area contributed by atoms with Crippen molar-refractivity contribution in [1.29, 1.82) is 0 Å². The van der Waals surface area contributed by atoms with E-state index in [0.29, 0.717) is 11.4 Å². The Balaban J connectivity index is 2.45. The van der Waals surface area contributed by atoms with Crippen LogP contribution in [0.1, 0.15) is 18.9 Å². The van der Waals surface area contributed by atoms with Gasteiger partial charge in [0.05, 0.1) is 29.8 Å². The molecular formula is C19H22ClFN2O4S. The standard InChI is InChI=1S/C19H22ClFN2O4S/c1-5-17(19(24)22-16-10-12(2)6-9-18(16)27-3)23(28(4,25)26)13-7-8-15(21)14(20)11-13/h6-11,17H,5H2,1-4H3,(H,22,24). The zero-order valence-corrected chi connectivity index (χ0v) is 17.6. The maximum Gasteiger partial charge on any atom is 0.248 e. The first-order valence-corrected chi connectivity index (χ1v) is 10.7. The number of nitrogens with one attached hydrogen (secondary N) is 1. The smallest absolute Gasteiger partial charge is 0.248 e. The molecule has 6 nitrogen and oxygen atoms in total. The number of rotatable bonds is 7. The molecule has 2 rings (SSSR count). The molecule has 0 aliphatic carbocycles. The number of sulfonamides is 1. The number of hydrogen-bond acceptors (Lipinski definition) is 4. The van der Waals surface area contributed by atoms with Crippen molar-refractivity contribution in [2.75, 3.05) is 23.0 Å². The summed E-state index contributed by atoms with van der Waals surface area (Å²) in [7, 11) is -2.39. The monoisotopic (exact) mass is 428 g/mol. The lowest BCUT2D eigenvalue weighted by Gasteiger charge is -2.30. The minimum Gasteiger partial charge on any atom is -0.495 e. The van der Waals surface area contributed by atoms with E-state index < -0.39 is 27.8 Å². The number of carbonyl (C=O) groups excluding carboxylic acids is 1. The molecule has 0 radical (unpaired) electrons. The molecule has 0 aliphatic rings. The normalized spacial score (nSPS) is 12.4. The van der Waals surface area contributed by atoms with E-state index in [1.54, 1.807) is 19.1 Å². The van der Waals surface area contributed by atoms with Crippen LogP contribution in [0, 0.1) is 12.7 Å². The minimum atomic E-state index is -3.86. The first kappa shape index (κ1) is 22.0. The third-order valence-electron chi connectivity index (χ3n) is 4.10. The Kier molecular flexibility index (Phi) is 6.90.